The molecule has 1 saturated carbocycles. The van der Waals surface area contributed by atoms with Crippen LogP contribution in [0, 0.1) is 5.41 Å². The van der Waals surface area contributed by atoms with Crippen LogP contribution in [0.1, 0.15) is 23.2 Å². The second-order valence-corrected chi connectivity index (χ2v) is 4.89. The molecule has 1 fully saturated rings. The molecule has 0 aliphatic heterocycles. The van der Waals surface area contributed by atoms with E-state index < -0.39 is 5.97 Å². The van der Waals surface area contributed by atoms with Gasteiger partial charge in [-0.15, -0.1) is 0 Å². The lowest BCUT2D eigenvalue weighted by molar-refractivity contribution is 0.0698. The van der Waals surface area contributed by atoms with Gasteiger partial charge in [0.2, 0.25) is 0 Å². The van der Waals surface area contributed by atoms with Crippen molar-refractivity contribution in [2.45, 2.75) is 12.8 Å². The summed E-state index contributed by atoms with van der Waals surface area (Å²) in [6.45, 7) is 0.701. The fourth-order valence-electron chi connectivity index (χ4n) is 1.74. The zero-order chi connectivity index (χ0) is 12.5. The second-order valence-electron chi connectivity index (χ2n) is 4.48. The molecule has 0 unspecified atom stereocenters. The molecule has 0 atom stereocenters. The number of rotatable bonds is 5. The van der Waals surface area contributed by atoms with E-state index in [9.17, 15) is 9.90 Å². The highest BCUT2D eigenvalue weighted by molar-refractivity contribution is 6.34. The number of carboxylic acids is 1. The van der Waals surface area contributed by atoms with E-state index in [-0.39, 0.29) is 22.6 Å². The Morgan fingerprint density at radius 1 is 1.47 bits per heavy atom. The van der Waals surface area contributed by atoms with Gasteiger partial charge in [-0.1, -0.05) is 17.7 Å². The normalized spacial score (nSPS) is 16.6. The zero-order valence-corrected chi connectivity index (χ0v) is 10.00. The van der Waals surface area contributed by atoms with Gasteiger partial charge in [0.15, 0.2) is 0 Å². The van der Waals surface area contributed by atoms with Crippen LogP contribution in [0.3, 0.4) is 0 Å². The number of hydrogen-bond donors (Lipinski definition) is 3. The number of benzene rings is 1. The Balaban J connectivity index is 2.15. The zero-order valence-electron chi connectivity index (χ0n) is 9.24. The van der Waals surface area contributed by atoms with E-state index in [0.29, 0.717) is 12.2 Å². The van der Waals surface area contributed by atoms with E-state index in [1.54, 1.807) is 18.2 Å². The second kappa shape index (κ2) is 4.55. The van der Waals surface area contributed by atoms with Crippen LogP contribution in [-0.2, 0) is 0 Å². The summed E-state index contributed by atoms with van der Waals surface area (Å²) in [5, 5.41) is 21.5. The van der Waals surface area contributed by atoms with Crippen molar-refractivity contribution in [1.82, 2.24) is 0 Å². The Kier molecular flexibility index (Phi) is 3.26. The summed E-state index contributed by atoms with van der Waals surface area (Å²) in [4.78, 5) is 11.1. The predicted octanol–water partition coefficient (Wildman–Crippen LogP) is 2.22. The average molecular weight is 256 g/mol. The lowest BCUT2D eigenvalue weighted by atomic mass is 10.1. The number of aromatic carboxylic acids is 1. The molecule has 0 aromatic heterocycles. The summed E-state index contributed by atoms with van der Waals surface area (Å²) in [6.07, 6.45) is 1.94. The van der Waals surface area contributed by atoms with E-state index in [0.717, 1.165) is 12.8 Å². The number of halogens is 1. The number of aliphatic hydroxyl groups excluding tert-OH is 1. The monoisotopic (exact) mass is 255 g/mol. The van der Waals surface area contributed by atoms with Crippen LogP contribution in [0.25, 0.3) is 0 Å². The Morgan fingerprint density at radius 2 is 2.18 bits per heavy atom. The standard InChI is InChI=1S/C12H14ClNO3/c13-8-2-1-3-9(10(8)11(16)17)14-6-12(7-15)4-5-12/h1-3,14-15H,4-7H2,(H,16,17). The van der Waals surface area contributed by atoms with Crippen molar-refractivity contribution in [2.75, 3.05) is 18.5 Å². The molecule has 0 radical (unpaired) electrons. The maximum absolute atomic E-state index is 11.1. The first kappa shape index (κ1) is 12.2. The van der Waals surface area contributed by atoms with Gasteiger partial charge in [-0.3, -0.25) is 0 Å². The first-order valence-electron chi connectivity index (χ1n) is 5.44. The van der Waals surface area contributed by atoms with Gasteiger partial charge < -0.3 is 15.5 Å². The highest BCUT2D eigenvalue weighted by atomic mass is 35.5. The minimum absolute atomic E-state index is 0.0713. The number of carboxylic acid groups (broad SMARTS) is 1. The van der Waals surface area contributed by atoms with Crippen molar-refractivity contribution in [3.05, 3.63) is 28.8 Å². The average Bonchev–Trinajstić information content (AvgIpc) is 3.06. The van der Waals surface area contributed by atoms with E-state index in [4.69, 9.17) is 16.7 Å². The quantitative estimate of drug-likeness (QED) is 0.755. The molecule has 1 aliphatic rings. The molecule has 1 aliphatic carbocycles. The topological polar surface area (TPSA) is 69.6 Å². The van der Waals surface area contributed by atoms with E-state index >= 15 is 0 Å². The molecule has 0 amide bonds. The summed E-state index contributed by atoms with van der Waals surface area (Å²) in [5.74, 6) is -1.05. The molecule has 0 heterocycles. The third-order valence-corrected chi connectivity index (χ3v) is 3.49. The third kappa shape index (κ3) is 2.53. The maximum Gasteiger partial charge on any atom is 0.339 e. The maximum atomic E-state index is 11.1. The summed E-state index contributed by atoms with van der Waals surface area (Å²) in [7, 11) is 0. The molecule has 3 N–H and O–H groups in total. The number of nitrogens with one attached hydrogen (secondary N) is 1. The van der Waals surface area contributed by atoms with Crippen LogP contribution in [0.15, 0.2) is 18.2 Å². The van der Waals surface area contributed by atoms with Crippen molar-refractivity contribution in [1.29, 1.82) is 0 Å². The first-order valence-corrected chi connectivity index (χ1v) is 5.82. The molecule has 5 heteroatoms. The molecule has 0 bridgehead atoms. The van der Waals surface area contributed by atoms with Crippen LogP contribution >= 0.6 is 11.6 Å². The summed E-state index contributed by atoms with van der Waals surface area (Å²) in [6, 6.07) is 4.94. The lowest BCUT2D eigenvalue weighted by Crippen LogP contribution is -2.20. The summed E-state index contributed by atoms with van der Waals surface area (Å²) >= 11 is 5.85. The van der Waals surface area contributed by atoms with Crippen molar-refractivity contribution in [2.24, 2.45) is 5.41 Å². The Morgan fingerprint density at radius 3 is 2.71 bits per heavy atom. The molecule has 4 nitrogen and oxygen atoms in total. The Hall–Kier alpha value is -1.26. The van der Waals surface area contributed by atoms with E-state index in [1.165, 1.54) is 0 Å². The molecule has 2 rings (SSSR count). The van der Waals surface area contributed by atoms with Gasteiger partial charge in [0.05, 0.1) is 17.3 Å². The molecule has 0 spiro atoms. The van der Waals surface area contributed by atoms with Gasteiger partial charge in [-0.2, -0.15) is 0 Å². The largest absolute Gasteiger partial charge is 0.478 e. The lowest BCUT2D eigenvalue weighted by Gasteiger charge is -2.15. The van der Waals surface area contributed by atoms with E-state index in [1.807, 2.05) is 0 Å². The number of hydrogen-bond acceptors (Lipinski definition) is 3. The number of carbonyl (C=O) groups is 1. The van der Waals surface area contributed by atoms with Gasteiger partial charge in [-0.25, -0.2) is 4.79 Å². The molecular weight excluding hydrogens is 242 g/mol. The molecule has 17 heavy (non-hydrogen) atoms. The van der Waals surface area contributed by atoms with Crippen LogP contribution in [0.2, 0.25) is 5.02 Å². The van der Waals surface area contributed by atoms with Gasteiger partial charge in [0.1, 0.15) is 5.56 Å². The van der Waals surface area contributed by atoms with Crippen molar-refractivity contribution >= 4 is 23.3 Å². The molecule has 0 saturated heterocycles. The minimum atomic E-state index is -1.05. The van der Waals surface area contributed by atoms with E-state index in [2.05, 4.69) is 5.32 Å². The van der Waals surface area contributed by atoms with Crippen LogP contribution in [0.5, 0.6) is 0 Å². The highest BCUT2D eigenvalue weighted by Gasteiger charge is 2.41. The summed E-state index contributed by atoms with van der Waals surface area (Å²) < 4.78 is 0. The molecule has 1 aromatic rings. The van der Waals surface area contributed by atoms with Crippen LogP contribution < -0.4 is 5.32 Å². The predicted molar refractivity (Wildman–Crippen MR) is 65.7 cm³/mol. The smallest absolute Gasteiger partial charge is 0.339 e. The minimum Gasteiger partial charge on any atom is -0.478 e. The number of aliphatic hydroxyl groups is 1. The summed E-state index contributed by atoms with van der Waals surface area (Å²) in [5.41, 5.74) is 0.519. The van der Waals surface area contributed by atoms with Crippen LogP contribution in [0.4, 0.5) is 5.69 Å². The molecular formula is C12H14ClNO3. The Labute approximate surface area is 104 Å². The highest BCUT2D eigenvalue weighted by Crippen LogP contribution is 2.45. The van der Waals surface area contributed by atoms with Crippen molar-refractivity contribution in [3.63, 3.8) is 0 Å². The molecule has 1 aromatic carbocycles. The van der Waals surface area contributed by atoms with Gasteiger partial charge in [-0.05, 0) is 25.0 Å². The van der Waals surface area contributed by atoms with Gasteiger partial charge >= 0.3 is 5.97 Å². The Bertz CT molecular complexity index is 443. The van der Waals surface area contributed by atoms with Gasteiger partial charge in [0, 0.05) is 12.0 Å². The van der Waals surface area contributed by atoms with Crippen molar-refractivity contribution in [3.8, 4) is 0 Å². The van der Waals surface area contributed by atoms with Gasteiger partial charge in [0.25, 0.3) is 0 Å². The fraction of sp³-hybridized carbons (Fsp3) is 0.417. The SMILES string of the molecule is O=C(O)c1c(Cl)cccc1NCC1(CO)CC1. The number of anilines is 1. The molecule has 92 valence electrons. The van der Waals surface area contributed by atoms with Crippen molar-refractivity contribution < 1.29 is 15.0 Å². The van der Waals surface area contributed by atoms with Crippen LogP contribution in [-0.4, -0.2) is 29.3 Å². The third-order valence-electron chi connectivity index (χ3n) is 3.17. The first-order chi connectivity index (χ1) is 8.08. The fourth-order valence-corrected chi connectivity index (χ4v) is 1.99.